The number of fused-ring (bicyclic) bond motifs is 2. The van der Waals surface area contributed by atoms with Gasteiger partial charge < -0.3 is 4.43 Å². The molecular weight excluding hydrogens is 176 g/mol. The van der Waals surface area contributed by atoms with E-state index in [0.29, 0.717) is 0 Å². The molecule has 74 valence electrons. The van der Waals surface area contributed by atoms with Crippen LogP contribution < -0.4 is 0 Å². The number of hydrogen-bond acceptors (Lipinski definition) is 1. The van der Waals surface area contributed by atoms with Crippen LogP contribution in [0.5, 0.6) is 0 Å². The molecule has 0 amide bonds. The average molecular weight is 196 g/mol. The van der Waals surface area contributed by atoms with Gasteiger partial charge in [0.15, 0.2) is 8.32 Å². The predicted molar refractivity (Wildman–Crippen MR) is 58.1 cm³/mol. The van der Waals surface area contributed by atoms with Crippen molar-refractivity contribution in [2.75, 3.05) is 6.61 Å². The maximum atomic E-state index is 5.97. The monoisotopic (exact) mass is 196 g/mol. The molecule has 0 spiro atoms. The summed E-state index contributed by atoms with van der Waals surface area (Å²) in [6.07, 6.45) is 7.59. The van der Waals surface area contributed by atoms with Crippen LogP contribution in [0.15, 0.2) is 12.2 Å². The molecule has 0 aromatic carbocycles. The molecule has 0 heterocycles. The zero-order valence-corrected chi connectivity index (χ0v) is 9.92. The van der Waals surface area contributed by atoms with Crippen molar-refractivity contribution >= 4 is 8.32 Å². The van der Waals surface area contributed by atoms with Crippen molar-refractivity contribution in [2.45, 2.75) is 32.5 Å². The summed E-state index contributed by atoms with van der Waals surface area (Å²) in [6, 6.07) is 0. The third-order valence-electron chi connectivity index (χ3n) is 3.15. The summed E-state index contributed by atoms with van der Waals surface area (Å²) in [5, 5.41) is 0. The van der Waals surface area contributed by atoms with E-state index < -0.39 is 8.32 Å². The van der Waals surface area contributed by atoms with Crippen LogP contribution in [-0.2, 0) is 4.43 Å². The lowest BCUT2D eigenvalue weighted by atomic mass is 9.95. The second-order valence-electron chi connectivity index (χ2n) is 5.46. The SMILES string of the molecule is C[Si](C)(C)OC[C@@H]1C[C@@H]2C=C[C@H]1C2. The highest BCUT2D eigenvalue weighted by Gasteiger charge is 2.36. The second-order valence-corrected chi connectivity index (χ2v) is 9.98. The lowest BCUT2D eigenvalue weighted by molar-refractivity contribution is 0.222. The summed E-state index contributed by atoms with van der Waals surface area (Å²) in [6.45, 7) is 7.84. The van der Waals surface area contributed by atoms with Crippen LogP contribution in [0.3, 0.4) is 0 Å². The van der Waals surface area contributed by atoms with Gasteiger partial charge in [-0.1, -0.05) is 12.2 Å². The van der Waals surface area contributed by atoms with E-state index in [0.717, 1.165) is 24.4 Å². The Morgan fingerprint density at radius 3 is 2.46 bits per heavy atom. The lowest BCUT2D eigenvalue weighted by Gasteiger charge is -2.24. The van der Waals surface area contributed by atoms with Gasteiger partial charge in [-0.05, 0) is 50.2 Å². The molecule has 3 atom stereocenters. The van der Waals surface area contributed by atoms with Crippen LogP contribution in [0.4, 0.5) is 0 Å². The van der Waals surface area contributed by atoms with Crippen LogP contribution in [0.2, 0.25) is 19.6 Å². The van der Waals surface area contributed by atoms with Crippen molar-refractivity contribution in [3.8, 4) is 0 Å². The molecule has 2 aliphatic carbocycles. The molecule has 2 aliphatic rings. The van der Waals surface area contributed by atoms with Crippen molar-refractivity contribution in [3.63, 3.8) is 0 Å². The van der Waals surface area contributed by atoms with E-state index in [1.165, 1.54) is 12.8 Å². The molecule has 1 fully saturated rings. The van der Waals surface area contributed by atoms with Crippen LogP contribution >= 0.6 is 0 Å². The Morgan fingerprint density at radius 2 is 2.00 bits per heavy atom. The molecule has 1 saturated carbocycles. The topological polar surface area (TPSA) is 9.23 Å². The molecule has 0 unspecified atom stereocenters. The fraction of sp³-hybridized carbons (Fsp3) is 0.818. The van der Waals surface area contributed by atoms with Gasteiger partial charge in [-0.15, -0.1) is 0 Å². The quantitative estimate of drug-likeness (QED) is 0.498. The first kappa shape index (κ1) is 9.47. The van der Waals surface area contributed by atoms with Gasteiger partial charge in [0.1, 0.15) is 0 Å². The Labute approximate surface area is 82.3 Å². The smallest absolute Gasteiger partial charge is 0.183 e. The lowest BCUT2D eigenvalue weighted by Crippen LogP contribution is -2.29. The molecule has 0 saturated heterocycles. The van der Waals surface area contributed by atoms with Crippen molar-refractivity contribution in [2.24, 2.45) is 17.8 Å². The Bertz CT molecular complexity index is 217. The molecule has 0 radical (unpaired) electrons. The standard InChI is InChI=1S/C11H20OSi/c1-13(2,3)12-8-11-7-9-4-5-10(11)6-9/h4-5,9-11H,6-8H2,1-3H3/t9-,10+,11+/m1/s1. The van der Waals surface area contributed by atoms with Crippen molar-refractivity contribution in [1.82, 2.24) is 0 Å². The van der Waals surface area contributed by atoms with E-state index in [1.54, 1.807) is 0 Å². The van der Waals surface area contributed by atoms with Gasteiger partial charge in [0.05, 0.1) is 0 Å². The summed E-state index contributed by atoms with van der Waals surface area (Å²) >= 11 is 0. The van der Waals surface area contributed by atoms with Crippen LogP contribution in [0.25, 0.3) is 0 Å². The summed E-state index contributed by atoms with van der Waals surface area (Å²) in [5.41, 5.74) is 0. The van der Waals surface area contributed by atoms with Crippen molar-refractivity contribution in [3.05, 3.63) is 12.2 Å². The normalized spacial score (nSPS) is 37.3. The molecule has 0 aromatic rings. The second kappa shape index (κ2) is 3.25. The highest BCUT2D eigenvalue weighted by Crippen LogP contribution is 2.43. The minimum Gasteiger partial charge on any atom is -0.417 e. The minimum atomic E-state index is -1.28. The third kappa shape index (κ3) is 2.23. The molecular formula is C11H20OSi. The van der Waals surface area contributed by atoms with Crippen molar-refractivity contribution in [1.29, 1.82) is 0 Å². The molecule has 2 bridgehead atoms. The molecule has 1 nitrogen and oxygen atoms in total. The number of allylic oxidation sites excluding steroid dienone is 2. The van der Waals surface area contributed by atoms with Crippen LogP contribution in [-0.4, -0.2) is 14.9 Å². The maximum Gasteiger partial charge on any atom is 0.183 e. The van der Waals surface area contributed by atoms with Crippen LogP contribution in [0.1, 0.15) is 12.8 Å². The van der Waals surface area contributed by atoms with Crippen molar-refractivity contribution < 1.29 is 4.43 Å². The molecule has 2 heteroatoms. The fourth-order valence-corrected chi connectivity index (χ4v) is 3.16. The van der Waals surface area contributed by atoms with E-state index in [2.05, 4.69) is 31.8 Å². The van der Waals surface area contributed by atoms with Gasteiger partial charge in [-0.2, -0.15) is 0 Å². The van der Waals surface area contributed by atoms with Gasteiger partial charge in [-0.25, -0.2) is 0 Å². The van der Waals surface area contributed by atoms with Gasteiger partial charge in [0.2, 0.25) is 0 Å². The van der Waals surface area contributed by atoms with Gasteiger partial charge in [0, 0.05) is 6.61 Å². The fourth-order valence-electron chi connectivity index (χ4n) is 2.44. The molecule has 0 aliphatic heterocycles. The highest BCUT2D eigenvalue weighted by molar-refractivity contribution is 6.69. The number of rotatable bonds is 3. The first-order valence-electron chi connectivity index (χ1n) is 5.37. The summed E-state index contributed by atoms with van der Waals surface area (Å²) in [7, 11) is -1.28. The Kier molecular flexibility index (Phi) is 2.36. The summed E-state index contributed by atoms with van der Waals surface area (Å²) < 4.78 is 5.97. The molecule has 0 aromatic heterocycles. The van der Waals surface area contributed by atoms with E-state index in [-0.39, 0.29) is 0 Å². The molecule has 2 rings (SSSR count). The van der Waals surface area contributed by atoms with E-state index in [9.17, 15) is 0 Å². The third-order valence-corrected chi connectivity index (χ3v) is 4.18. The largest absolute Gasteiger partial charge is 0.417 e. The zero-order chi connectivity index (χ0) is 9.47. The zero-order valence-electron chi connectivity index (χ0n) is 8.92. The Morgan fingerprint density at radius 1 is 1.23 bits per heavy atom. The van der Waals surface area contributed by atoms with Gasteiger partial charge in [-0.3, -0.25) is 0 Å². The number of hydrogen-bond donors (Lipinski definition) is 0. The minimum absolute atomic E-state index is 0.835. The highest BCUT2D eigenvalue weighted by atomic mass is 28.4. The average Bonchev–Trinajstić information content (AvgIpc) is 2.58. The summed E-state index contributed by atoms with van der Waals surface area (Å²) in [4.78, 5) is 0. The van der Waals surface area contributed by atoms with E-state index in [1.807, 2.05) is 0 Å². The summed E-state index contributed by atoms with van der Waals surface area (Å²) in [5.74, 6) is 2.57. The van der Waals surface area contributed by atoms with Gasteiger partial charge >= 0.3 is 0 Å². The first-order chi connectivity index (χ1) is 6.04. The van der Waals surface area contributed by atoms with E-state index in [4.69, 9.17) is 4.43 Å². The Balaban J connectivity index is 1.81. The molecule has 0 N–H and O–H groups in total. The Hall–Kier alpha value is -0.0831. The van der Waals surface area contributed by atoms with Gasteiger partial charge in [0.25, 0.3) is 0 Å². The van der Waals surface area contributed by atoms with Crippen LogP contribution in [0, 0.1) is 17.8 Å². The van der Waals surface area contributed by atoms with E-state index >= 15 is 0 Å². The molecule has 13 heavy (non-hydrogen) atoms. The predicted octanol–water partition coefficient (Wildman–Crippen LogP) is 3.05. The first-order valence-corrected chi connectivity index (χ1v) is 8.78. The maximum absolute atomic E-state index is 5.97.